The van der Waals surface area contributed by atoms with E-state index in [1.807, 2.05) is 4.90 Å². The first kappa shape index (κ1) is 13.8. The zero-order valence-electron chi connectivity index (χ0n) is 11.5. The van der Waals surface area contributed by atoms with Crippen LogP contribution >= 0.6 is 0 Å². The first-order chi connectivity index (χ1) is 8.65. The molecule has 2 aliphatic rings. The molecule has 4 unspecified atom stereocenters. The Kier molecular flexibility index (Phi) is 4.59. The summed E-state index contributed by atoms with van der Waals surface area (Å²) in [5.74, 6) is 0.934. The second-order valence-corrected chi connectivity index (χ2v) is 5.49. The van der Waals surface area contributed by atoms with Crippen LogP contribution in [0, 0.1) is 11.8 Å². The van der Waals surface area contributed by atoms with Gasteiger partial charge < -0.3 is 19.7 Å². The summed E-state index contributed by atoms with van der Waals surface area (Å²) < 4.78 is 10.7. The van der Waals surface area contributed by atoms with Gasteiger partial charge in [-0.05, 0) is 18.9 Å². The number of methoxy groups -OCH3 is 2. The molecule has 18 heavy (non-hydrogen) atoms. The minimum Gasteiger partial charge on any atom is -0.377 e. The van der Waals surface area contributed by atoms with E-state index in [1.165, 1.54) is 0 Å². The maximum absolute atomic E-state index is 12.4. The number of nitrogens with one attached hydrogen (secondary N) is 1. The molecule has 0 aliphatic carbocycles. The molecule has 0 spiro atoms. The van der Waals surface area contributed by atoms with Gasteiger partial charge in [-0.3, -0.25) is 4.79 Å². The smallest absolute Gasteiger partial charge is 0.227 e. The van der Waals surface area contributed by atoms with Crippen LogP contribution in [0.4, 0.5) is 0 Å². The van der Waals surface area contributed by atoms with Crippen molar-refractivity contribution in [2.24, 2.45) is 11.8 Å². The molecule has 1 N–H and O–H groups in total. The van der Waals surface area contributed by atoms with E-state index in [2.05, 4.69) is 12.2 Å². The van der Waals surface area contributed by atoms with Crippen LogP contribution in [-0.2, 0) is 14.3 Å². The normalized spacial score (nSPS) is 36.9. The molecule has 0 bridgehead atoms. The van der Waals surface area contributed by atoms with Crippen molar-refractivity contribution in [2.45, 2.75) is 25.6 Å². The van der Waals surface area contributed by atoms with Gasteiger partial charge in [-0.1, -0.05) is 6.92 Å². The minimum atomic E-state index is 0.00734. The van der Waals surface area contributed by atoms with Crippen molar-refractivity contribution < 1.29 is 14.3 Å². The summed E-state index contributed by atoms with van der Waals surface area (Å²) in [6.45, 7) is 5.31. The third-order valence-corrected chi connectivity index (χ3v) is 4.05. The van der Waals surface area contributed by atoms with Gasteiger partial charge in [0.15, 0.2) is 0 Å². The van der Waals surface area contributed by atoms with Crippen molar-refractivity contribution >= 4 is 5.91 Å². The number of carbonyl (C=O) groups is 1. The highest BCUT2D eigenvalue weighted by atomic mass is 16.5. The Morgan fingerprint density at radius 3 is 2.28 bits per heavy atom. The average molecular weight is 256 g/mol. The minimum absolute atomic E-state index is 0.00734. The number of amides is 1. The number of piperidine rings is 1. The molecule has 0 saturated carbocycles. The predicted molar refractivity (Wildman–Crippen MR) is 68.3 cm³/mol. The molecule has 2 aliphatic heterocycles. The number of carbonyl (C=O) groups excluding carboxylic acids is 1. The van der Waals surface area contributed by atoms with Crippen LogP contribution in [0.2, 0.25) is 0 Å². The lowest BCUT2D eigenvalue weighted by Crippen LogP contribution is -2.45. The fourth-order valence-corrected chi connectivity index (χ4v) is 2.98. The number of ether oxygens (including phenoxy) is 2. The van der Waals surface area contributed by atoms with Crippen LogP contribution in [0.3, 0.4) is 0 Å². The highest BCUT2D eigenvalue weighted by Gasteiger charge is 2.38. The highest BCUT2D eigenvalue weighted by molar-refractivity contribution is 5.79. The average Bonchev–Trinajstić information content (AvgIpc) is 2.81. The largest absolute Gasteiger partial charge is 0.377 e. The maximum Gasteiger partial charge on any atom is 0.227 e. The Bertz CT molecular complexity index is 286. The van der Waals surface area contributed by atoms with Gasteiger partial charge in [0.1, 0.15) is 12.2 Å². The molecule has 5 heteroatoms. The number of hydrogen-bond acceptors (Lipinski definition) is 4. The lowest BCUT2D eigenvalue weighted by Gasteiger charge is -2.30. The summed E-state index contributed by atoms with van der Waals surface area (Å²) >= 11 is 0. The zero-order chi connectivity index (χ0) is 13.1. The summed E-state index contributed by atoms with van der Waals surface area (Å²) in [7, 11) is 3.35. The summed E-state index contributed by atoms with van der Waals surface area (Å²) in [6.07, 6.45) is 0.998. The molecule has 104 valence electrons. The molecule has 2 rings (SSSR count). The maximum atomic E-state index is 12.4. The van der Waals surface area contributed by atoms with Crippen LogP contribution in [0.5, 0.6) is 0 Å². The Morgan fingerprint density at radius 2 is 1.78 bits per heavy atom. The van der Waals surface area contributed by atoms with Crippen LogP contribution < -0.4 is 5.32 Å². The second kappa shape index (κ2) is 5.99. The Labute approximate surface area is 109 Å². The molecule has 0 radical (unpaired) electrons. The van der Waals surface area contributed by atoms with E-state index in [1.54, 1.807) is 14.2 Å². The van der Waals surface area contributed by atoms with Gasteiger partial charge in [-0.15, -0.1) is 0 Å². The molecular weight excluding hydrogens is 232 g/mol. The molecule has 1 amide bonds. The molecular formula is C13H24N2O3. The van der Waals surface area contributed by atoms with Crippen molar-refractivity contribution in [2.75, 3.05) is 40.4 Å². The first-order valence-corrected chi connectivity index (χ1v) is 6.70. The van der Waals surface area contributed by atoms with E-state index < -0.39 is 0 Å². The monoisotopic (exact) mass is 256 g/mol. The van der Waals surface area contributed by atoms with E-state index in [-0.39, 0.29) is 24.0 Å². The number of nitrogens with zero attached hydrogens (tertiary/aromatic N) is 1. The second-order valence-electron chi connectivity index (χ2n) is 5.49. The SMILES string of the molecule is COC1CN(C(=O)C2CNCC(C)C2)CC1OC. The fourth-order valence-electron chi connectivity index (χ4n) is 2.98. The van der Waals surface area contributed by atoms with Gasteiger partial charge in [0, 0.05) is 33.9 Å². The number of rotatable bonds is 3. The van der Waals surface area contributed by atoms with Gasteiger partial charge in [0.2, 0.25) is 5.91 Å². The molecule has 5 nitrogen and oxygen atoms in total. The zero-order valence-corrected chi connectivity index (χ0v) is 11.5. The van der Waals surface area contributed by atoms with Gasteiger partial charge >= 0.3 is 0 Å². The fraction of sp³-hybridized carbons (Fsp3) is 0.923. The Hall–Kier alpha value is -0.650. The summed E-state index contributed by atoms with van der Waals surface area (Å²) in [4.78, 5) is 14.3. The molecule has 4 atom stereocenters. The highest BCUT2D eigenvalue weighted by Crippen LogP contribution is 2.22. The quantitative estimate of drug-likeness (QED) is 0.778. The van der Waals surface area contributed by atoms with Gasteiger partial charge in [0.25, 0.3) is 0 Å². The Balaban J connectivity index is 1.93. The molecule has 0 aromatic rings. The van der Waals surface area contributed by atoms with Crippen LogP contribution in [0.25, 0.3) is 0 Å². The Morgan fingerprint density at radius 1 is 1.17 bits per heavy atom. The molecule has 0 aromatic heterocycles. The van der Waals surface area contributed by atoms with Crippen LogP contribution in [0.1, 0.15) is 13.3 Å². The van der Waals surface area contributed by atoms with E-state index in [0.717, 1.165) is 19.5 Å². The van der Waals surface area contributed by atoms with Crippen LogP contribution in [0.15, 0.2) is 0 Å². The lowest BCUT2D eigenvalue weighted by molar-refractivity contribution is -0.136. The first-order valence-electron chi connectivity index (χ1n) is 6.70. The summed E-state index contributed by atoms with van der Waals surface area (Å²) in [5.41, 5.74) is 0. The van der Waals surface area contributed by atoms with Gasteiger partial charge in [-0.2, -0.15) is 0 Å². The van der Waals surface area contributed by atoms with E-state index in [9.17, 15) is 4.79 Å². The van der Waals surface area contributed by atoms with E-state index in [0.29, 0.717) is 19.0 Å². The summed E-state index contributed by atoms with van der Waals surface area (Å²) in [6, 6.07) is 0. The standard InChI is InChI=1S/C13H24N2O3/c1-9-4-10(6-14-5-9)13(16)15-7-11(17-2)12(8-15)18-3/h9-12,14H,4-8H2,1-3H3. The molecule has 2 saturated heterocycles. The predicted octanol–water partition coefficient (Wildman–Crippen LogP) is 0.104. The molecule has 2 heterocycles. The van der Waals surface area contributed by atoms with Crippen molar-refractivity contribution in [3.8, 4) is 0 Å². The van der Waals surface area contributed by atoms with Crippen molar-refractivity contribution in [3.63, 3.8) is 0 Å². The van der Waals surface area contributed by atoms with Gasteiger partial charge in [-0.25, -0.2) is 0 Å². The van der Waals surface area contributed by atoms with Crippen molar-refractivity contribution in [3.05, 3.63) is 0 Å². The van der Waals surface area contributed by atoms with Crippen LogP contribution in [-0.4, -0.2) is 63.4 Å². The molecule has 0 aromatic carbocycles. The van der Waals surface area contributed by atoms with Crippen molar-refractivity contribution in [1.82, 2.24) is 10.2 Å². The summed E-state index contributed by atoms with van der Waals surface area (Å²) in [5, 5.41) is 3.33. The number of hydrogen-bond donors (Lipinski definition) is 1. The third-order valence-electron chi connectivity index (χ3n) is 4.05. The van der Waals surface area contributed by atoms with Crippen molar-refractivity contribution in [1.29, 1.82) is 0 Å². The van der Waals surface area contributed by atoms with E-state index in [4.69, 9.17) is 9.47 Å². The number of likely N-dealkylation sites (tertiary alicyclic amines) is 1. The van der Waals surface area contributed by atoms with Gasteiger partial charge in [0.05, 0.1) is 5.92 Å². The lowest BCUT2D eigenvalue weighted by atomic mass is 9.91. The third kappa shape index (κ3) is 2.84. The van der Waals surface area contributed by atoms with E-state index >= 15 is 0 Å². The molecule has 2 fully saturated rings. The topological polar surface area (TPSA) is 50.8 Å².